The molecule has 0 atom stereocenters. The average molecular weight is 349 g/mol. The summed E-state index contributed by atoms with van der Waals surface area (Å²) >= 11 is 0.149. The van der Waals surface area contributed by atoms with Crippen molar-refractivity contribution < 1.29 is 19.8 Å². The second-order valence-corrected chi connectivity index (χ2v) is 7.36. The summed E-state index contributed by atoms with van der Waals surface area (Å²) in [5.41, 5.74) is 0. The number of hydrogen-bond donors (Lipinski definition) is 0. The van der Waals surface area contributed by atoms with Crippen molar-refractivity contribution in [3.8, 4) is 0 Å². The molecule has 4 nitrogen and oxygen atoms in total. The van der Waals surface area contributed by atoms with Gasteiger partial charge >= 0.3 is 69.5 Å². The standard InChI is InChI=1S/2C4H9.C3H4O2.CH2O2.Sn/c2*1-3-4-2;1-2-3(4)5;2-1-3;/h2*1,3-4H2,2H3;2H,1H2,(H,4,5);1H,(H,2,3);/q;;;;+2/p-2. The maximum absolute atomic E-state index is 9.14. The van der Waals surface area contributed by atoms with E-state index in [1.807, 2.05) is 0 Å². The number of hydrogen-bond acceptors (Lipinski definition) is 4. The van der Waals surface area contributed by atoms with Crippen LogP contribution < -0.4 is 10.2 Å². The third-order valence-electron chi connectivity index (χ3n) is 1.58. The number of carboxylic acids is 1. The van der Waals surface area contributed by atoms with Gasteiger partial charge < -0.3 is 19.8 Å². The van der Waals surface area contributed by atoms with Gasteiger partial charge in [0.2, 0.25) is 0 Å². The molecule has 0 fully saturated rings. The summed E-state index contributed by atoms with van der Waals surface area (Å²) in [5, 5.41) is 17.4. The van der Waals surface area contributed by atoms with E-state index in [1.54, 1.807) is 8.87 Å². The van der Waals surface area contributed by atoms with Gasteiger partial charge in [-0.2, -0.15) is 0 Å². The van der Waals surface area contributed by atoms with Gasteiger partial charge in [-0.15, -0.1) is 0 Å². The van der Waals surface area contributed by atoms with Crippen LogP contribution in [0.25, 0.3) is 0 Å². The fourth-order valence-corrected chi connectivity index (χ4v) is 4.89. The quantitative estimate of drug-likeness (QED) is 0.289. The van der Waals surface area contributed by atoms with E-state index in [4.69, 9.17) is 19.8 Å². The zero-order valence-electron chi connectivity index (χ0n) is 10.7. The van der Waals surface area contributed by atoms with Crippen LogP contribution in [-0.4, -0.2) is 33.6 Å². The second-order valence-electron chi connectivity index (χ2n) is 3.08. The first kappa shape index (κ1) is 21.7. The van der Waals surface area contributed by atoms with E-state index in [0.717, 1.165) is 6.08 Å². The number of carbonyl (C=O) groups is 2. The first-order valence-corrected chi connectivity index (χ1v) is 9.73. The molecule has 0 bridgehead atoms. The molecule has 0 rings (SSSR count). The monoisotopic (exact) mass is 350 g/mol. The molecular formula is C12H22O4Sn. The Morgan fingerprint density at radius 1 is 1.24 bits per heavy atom. The van der Waals surface area contributed by atoms with Gasteiger partial charge in [-0.3, -0.25) is 0 Å². The molecule has 17 heavy (non-hydrogen) atoms. The largest absolute Gasteiger partial charge is 0.554 e. The Labute approximate surface area is 114 Å². The van der Waals surface area contributed by atoms with Crippen LogP contribution in [0, 0.1) is 0 Å². The minimum absolute atomic E-state index is 0.149. The summed E-state index contributed by atoms with van der Waals surface area (Å²) in [6.45, 7) is 6.98. The molecule has 0 N–H and O–H groups in total. The predicted octanol–water partition coefficient (Wildman–Crippen LogP) is 0.416. The molecule has 98 valence electrons. The Morgan fingerprint density at radius 2 is 1.53 bits per heavy atom. The minimum Gasteiger partial charge on any atom is -0.554 e. The SMILES string of the molecule is C=CC(=O)[O-].CCC[CH2][Sn+2][CH2]CCC.O=C[O-]. The summed E-state index contributed by atoms with van der Waals surface area (Å²) in [6.07, 6.45) is 6.56. The van der Waals surface area contributed by atoms with E-state index in [1.165, 1.54) is 25.7 Å². The van der Waals surface area contributed by atoms with E-state index in [9.17, 15) is 0 Å². The van der Waals surface area contributed by atoms with E-state index in [0.29, 0.717) is 0 Å². The Kier molecular flexibility index (Phi) is 31.5. The molecule has 0 aromatic carbocycles. The van der Waals surface area contributed by atoms with Crippen molar-refractivity contribution in [2.24, 2.45) is 0 Å². The van der Waals surface area contributed by atoms with Crippen LogP contribution in [0.2, 0.25) is 8.87 Å². The Hall–Kier alpha value is -0.521. The topological polar surface area (TPSA) is 80.3 Å². The van der Waals surface area contributed by atoms with Gasteiger partial charge in [0.1, 0.15) is 0 Å². The summed E-state index contributed by atoms with van der Waals surface area (Å²) in [5.74, 6) is -1.23. The fourth-order valence-electron chi connectivity index (χ4n) is 0.729. The Morgan fingerprint density at radius 3 is 1.71 bits per heavy atom. The molecule has 0 aliphatic carbocycles. The molecule has 0 aromatic heterocycles. The van der Waals surface area contributed by atoms with Gasteiger partial charge in [0.05, 0.1) is 5.97 Å². The molecule has 0 heterocycles. The third-order valence-corrected chi connectivity index (χ3v) is 5.62. The minimum atomic E-state index is -1.23. The van der Waals surface area contributed by atoms with Crippen molar-refractivity contribution >= 4 is 33.6 Å². The molecule has 0 spiro atoms. The van der Waals surface area contributed by atoms with Crippen molar-refractivity contribution in [1.29, 1.82) is 0 Å². The smallest absolute Gasteiger partial charge is 0.0275 e. The molecule has 0 unspecified atom stereocenters. The second kappa shape index (κ2) is 24.6. The van der Waals surface area contributed by atoms with Crippen LogP contribution in [-0.2, 0) is 9.59 Å². The fraction of sp³-hybridized carbons (Fsp3) is 0.667. The predicted molar refractivity (Wildman–Crippen MR) is 66.5 cm³/mol. The van der Waals surface area contributed by atoms with Gasteiger partial charge in [0, 0.05) is 6.47 Å². The van der Waals surface area contributed by atoms with Crippen LogP contribution in [0.4, 0.5) is 0 Å². The summed E-state index contributed by atoms with van der Waals surface area (Å²) < 4.78 is 3.25. The molecule has 0 saturated carbocycles. The van der Waals surface area contributed by atoms with Crippen molar-refractivity contribution in [2.45, 2.75) is 48.4 Å². The molecule has 0 radical (unpaired) electrons. The van der Waals surface area contributed by atoms with Crippen LogP contribution in [0.1, 0.15) is 39.5 Å². The first-order chi connectivity index (χ1) is 8.10. The van der Waals surface area contributed by atoms with Crippen LogP contribution >= 0.6 is 0 Å². The van der Waals surface area contributed by atoms with Gasteiger partial charge in [-0.1, -0.05) is 6.58 Å². The van der Waals surface area contributed by atoms with Crippen molar-refractivity contribution in [3.05, 3.63) is 12.7 Å². The molecule has 0 aliphatic heterocycles. The molecule has 0 amide bonds. The van der Waals surface area contributed by atoms with Crippen molar-refractivity contribution in [1.82, 2.24) is 0 Å². The molecule has 0 aromatic rings. The van der Waals surface area contributed by atoms with Crippen molar-refractivity contribution in [3.63, 3.8) is 0 Å². The molecular weight excluding hydrogens is 327 g/mol. The average Bonchev–Trinajstić information content (AvgIpc) is 2.31. The summed E-state index contributed by atoms with van der Waals surface area (Å²) in [6, 6.07) is 0. The van der Waals surface area contributed by atoms with E-state index < -0.39 is 12.4 Å². The van der Waals surface area contributed by atoms with Crippen LogP contribution in [0.5, 0.6) is 0 Å². The van der Waals surface area contributed by atoms with E-state index in [-0.39, 0.29) is 21.1 Å². The number of carboxylic acid groups (broad SMARTS) is 2. The maximum atomic E-state index is 9.14. The maximum Gasteiger partial charge on any atom is 0.0275 e. The number of carbonyl (C=O) groups excluding carboxylic acids is 2. The van der Waals surface area contributed by atoms with Crippen LogP contribution in [0.3, 0.4) is 0 Å². The van der Waals surface area contributed by atoms with Crippen molar-refractivity contribution in [2.75, 3.05) is 0 Å². The number of rotatable bonds is 7. The Bertz CT molecular complexity index is 166. The summed E-state index contributed by atoms with van der Waals surface area (Å²) in [4.78, 5) is 17.4. The van der Waals surface area contributed by atoms with Gasteiger partial charge in [-0.25, -0.2) is 0 Å². The molecule has 5 heteroatoms. The van der Waals surface area contributed by atoms with E-state index in [2.05, 4.69) is 20.4 Å². The summed E-state index contributed by atoms with van der Waals surface area (Å²) in [7, 11) is 0. The number of unbranched alkanes of at least 4 members (excludes halogenated alkanes) is 2. The number of aliphatic carboxylic acids is 1. The van der Waals surface area contributed by atoms with Gasteiger partial charge in [0.25, 0.3) is 0 Å². The van der Waals surface area contributed by atoms with Gasteiger partial charge in [-0.05, 0) is 6.08 Å². The normalized spacial score (nSPS) is 7.41. The van der Waals surface area contributed by atoms with Crippen LogP contribution in [0.15, 0.2) is 12.7 Å². The van der Waals surface area contributed by atoms with E-state index >= 15 is 0 Å². The zero-order valence-corrected chi connectivity index (χ0v) is 13.6. The first-order valence-electron chi connectivity index (χ1n) is 5.70. The molecule has 0 saturated heterocycles. The zero-order chi connectivity index (χ0) is 13.9. The van der Waals surface area contributed by atoms with Gasteiger partial charge in [0.15, 0.2) is 0 Å². The molecule has 0 aliphatic rings. The Balaban J connectivity index is -0.000000207. The third kappa shape index (κ3) is 50.3.